The lowest BCUT2D eigenvalue weighted by Gasteiger charge is -2.22. The van der Waals surface area contributed by atoms with Gasteiger partial charge in [0.2, 0.25) is 0 Å². The topological polar surface area (TPSA) is 29.9 Å². The van der Waals surface area contributed by atoms with Crippen molar-refractivity contribution in [3.8, 4) is 0 Å². The molecule has 3 rings (SSSR count). The Kier molecular flexibility index (Phi) is 3.76. The van der Waals surface area contributed by atoms with Crippen LogP contribution in [0, 0.1) is 5.92 Å². The van der Waals surface area contributed by atoms with Gasteiger partial charge in [0.25, 0.3) is 0 Å². The van der Waals surface area contributed by atoms with Crippen molar-refractivity contribution in [1.29, 1.82) is 0 Å². The summed E-state index contributed by atoms with van der Waals surface area (Å²) in [6, 6.07) is 5.94. The molecule has 2 aromatic rings. The van der Waals surface area contributed by atoms with Crippen LogP contribution in [0.15, 0.2) is 18.2 Å². The van der Waals surface area contributed by atoms with Crippen LogP contribution in [-0.2, 0) is 13.5 Å². The van der Waals surface area contributed by atoms with Gasteiger partial charge >= 0.3 is 0 Å². The maximum absolute atomic E-state index is 6.26. The van der Waals surface area contributed by atoms with Crippen LogP contribution in [0.5, 0.6) is 0 Å². The molecular weight excluding hydrogens is 258 g/mol. The highest BCUT2D eigenvalue weighted by Crippen LogP contribution is 2.25. The van der Waals surface area contributed by atoms with Gasteiger partial charge in [0.1, 0.15) is 5.82 Å². The third-order valence-electron chi connectivity index (χ3n) is 4.17. The largest absolute Gasteiger partial charge is 0.330 e. The van der Waals surface area contributed by atoms with Gasteiger partial charge in [-0.1, -0.05) is 17.7 Å². The quantitative estimate of drug-likeness (QED) is 0.934. The van der Waals surface area contributed by atoms with E-state index in [4.69, 9.17) is 16.6 Å². The first-order valence-electron chi connectivity index (χ1n) is 7.06. The number of fused-ring (bicyclic) bond motifs is 1. The molecular formula is C15H20ClN3. The van der Waals surface area contributed by atoms with E-state index in [-0.39, 0.29) is 0 Å². The van der Waals surface area contributed by atoms with Crippen molar-refractivity contribution in [3.05, 3.63) is 29.0 Å². The minimum atomic E-state index is 0.792. The molecule has 1 aliphatic heterocycles. The molecule has 1 aliphatic rings. The van der Waals surface area contributed by atoms with Crippen LogP contribution in [-0.4, -0.2) is 22.6 Å². The highest BCUT2D eigenvalue weighted by molar-refractivity contribution is 6.35. The monoisotopic (exact) mass is 277 g/mol. The van der Waals surface area contributed by atoms with E-state index < -0.39 is 0 Å². The van der Waals surface area contributed by atoms with Gasteiger partial charge in [0, 0.05) is 13.5 Å². The third kappa shape index (κ3) is 2.63. The third-order valence-corrected chi connectivity index (χ3v) is 4.48. The molecule has 102 valence electrons. The zero-order chi connectivity index (χ0) is 13.2. The lowest BCUT2D eigenvalue weighted by molar-refractivity contribution is 0.351. The molecule has 19 heavy (non-hydrogen) atoms. The molecule has 1 aromatic heterocycles. The Labute approximate surface area is 119 Å². The van der Waals surface area contributed by atoms with Crippen molar-refractivity contribution in [2.45, 2.75) is 25.7 Å². The van der Waals surface area contributed by atoms with Crippen LogP contribution in [0.2, 0.25) is 5.02 Å². The lowest BCUT2D eigenvalue weighted by atomic mass is 9.93. The second-order valence-electron chi connectivity index (χ2n) is 5.43. The average molecular weight is 278 g/mol. The average Bonchev–Trinajstić information content (AvgIpc) is 2.76. The van der Waals surface area contributed by atoms with Crippen LogP contribution in [0.1, 0.15) is 25.1 Å². The van der Waals surface area contributed by atoms with Crippen molar-refractivity contribution in [2.24, 2.45) is 13.0 Å². The Morgan fingerprint density at radius 2 is 2.16 bits per heavy atom. The van der Waals surface area contributed by atoms with Gasteiger partial charge in [-0.05, 0) is 50.4 Å². The van der Waals surface area contributed by atoms with Crippen LogP contribution < -0.4 is 5.32 Å². The SMILES string of the molecule is Cn1c(CCC2CCNCC2)nc2cccc(Cl)c21. The molecule has 0 aliphatic carbocycles. The van der Waals surface area contributed by atoms with E-state index in [0.29, 0.717) is 0 Å². The Morgan fingerprint density at radius 3 is 2.89 bits per heavy atom. The number of rotatable bonds is 3. The lowest BCUT2D eigenvalue weighted by Crippen LogP contribution is -2.28. The van der Waals surface area contributed by atoms with E-state index in [9.17, 15) is 0 Å². The molecule has 0 spiro atoms. The minimum Gasteiger partial charge on any atom is -0.330 e. The number of aryl methyl sites for hydroxylation is 2. The number of imidazole rings is 1. The number of para-hydroxylation sites is 1. The van der Waals surface area contributed by atoms with Crippen molar-refractivity contribution in [2.75, 3.05) is 13.1 Å². The normalized spacial score (nSPS) is 17.2. The second kappa shape index (κ2) is 5.51. The molecule has 0 amide bonds. The fraction of sp³-hybridized carbons (Fsp3) is 0.533. The smallest absolute Gasteiger partial charge is 0.109 e. The number of nitrogens with one attached hydrogen (secondary N) is 1. The fourth-order valence-corrected chi connectivity index (χ4v) is 3.29. The van der Waals surface area contributed by atoms with Crippen molar-refractivity contribution in [3.63, 3.8) is 0 Å². The summed E-state index contributed by atoms with van der Waals surface area (Å²) in [7, 11) is 2.07. The van der Waals surface area contributed by atoms with Crippen LogP contribution >= 0.6 is 11.6 Å². The standard InChI is InChI=1S/C15H20ClN3/c1-19-14(6-5-11-7-9-17-10-8-11)18-13-4-2-3-12(16)15(13)19/h2-4,11,17H,5-10H2,1H3. The first-order chi connectivity index (χ1) is 9.25. The zero-order valence-corrected chi connectivity index (χ0v) is 12.1. The number of hydrogen-bond acceptors (Lipinski definition) is 2. The van der Waals surface area contributed by atoms with Crippen LogP contribution in [0.4, 0.5) is 0 Å². The molecule has 1 aromatic carbocycles. The Morgan fingerprint density at radius 1 is 1.37 bits per heavy atom. The first kappa shape index (κ1) is 12.9. The van der Waals surface area contributed by atoms with Crippen molar-refractivity contribution in [1.82, 2.24) is 14.9 Å². The summed E-state index contributed by atoms with van der Waals surface area (Å²) in [6.45, 7) is 2.33. The van der Waals surface area contributed by atoms with E-state index >= 15 is 0 Å². The molecule has 1 fully saturated rings. The molecule has 0 radical (unpaired) electrons. The summed E-state index contributed by atoms with van der Waals surface area (Å²) >= 11 is 6.26. The van der Waals surface area contributed by atoms with Gasteiger partial charge in [0.15, 0.2) is 0 Å². The Balaban J connectivity index is 1.77. The van der Waals surface area contributed by atoms with Crippen molar-refractivity contribution < 1.29 is 0 Å². The van der Waals surface area contributed by atoms with Gasteiger partial charge < -0.3 is 9.88 Å². The van der Waals surface area contributed by atoms with E-state index in [0.717, 1.165) is 34.2 Å². The number of benzene rings is 1. The van der Waals surface area contributed by atoms with Gasteiger partial charge in [-0.15, -0.1) is 0 Å². The Hall–Kier alpha value is -1.06. The molecule has 0 bridgehead atoms. The van der Waals surface area contributed by atoms with E-state index in [1.807, 2.05) is 18.2 Å². The molecule has 2 heterocycles. The molecule has 1 N–H and O–H groups in total. The predicted molar refractivity (Wildman–Crippen MR) is 79.6 cm³/mol. The van der Waals surface area contributed by atoms with Crippen LogP contribution in [0.25, 0.3) is 11.0 Å². The number of halogens is 1. The fourth-order valence-electron chi connectivity index (χ4n) is 3.00. The summed E-state index contributed by atoms with van der Waals surface area (Å²) in [6.07, 6.45) is 4.87. The number of aromatic nitrogens is 2. The van der Waals surface area contributed by atoms with E-state index in [2.05, 4.69) is 16.9 Å². The second-order valence-corrected chi connectivity index (χ2v) is 5.83. The summed E-state index contributed by atoms with van der Waals surface area (Å²) in [5, 5.41) is 4.21. The maximum Gasteiger partial charge on any atom is 0.109 e. The number of hydrogen-bond donors (Lipinski definition) is 1. The zero-order valence-electron chi connectivity index (χ0n) is 11.3. The van der Waals surface area contributed by atoms with Gasteiger partial charge in [-0.25, -0.2) is 4.98 Å². The highest BCUT2D eigenvalue weighted by atomic mass is 35.5. The summed E-state index contributed by atoms with van der Waals surface area (Å²) in [5.74, 6) is 2.00. The maximum atomic E-state index is 6.26. The summed E-state index contributed by atoms with van der Waals surface area (Å²) in [5.41, 5.74) is 2.07. The first-order valence-corrected chi connectivity index (χ1v) is 7.44. The van der Waals surface area contributed by atoms with Gasteiger partial charge in [0.05, 0.1) is 16.1 Å². The summed E-state index contributed by atoms with van der Waals surface area (Å²) in [4.78, 5) is 4.72. The van der Waals surface area contributed by atoms with Gasteiger partial charge in [-0.3, -0.25) is 0 Å². The van der Waals surface area contributed by atoms with E-state index in [1.165, 1.54) is 32.4 Å². The molecule has 3 nitrogen and oxygen atoms in total. The summed E-state index contributed by atoms with van der Waals surface area (Å²) < 4.78 is 2.15. The highest BCUT2D eigenvalue weighted by Gasteiger charge is 2.15. The number of nitrogens with zero attached hydrogens (tertiary/aromatic N) is 2. The molecule has 0 atom stereocenters. The minimum absolute atomic E-state index is 0.792. The molecule has 4 heteroatoms. The Bertz CT molecular complexity index is 570. The van der Waals surface area contributed by atoms with Crippen LogP contribution in [0.3, 0.4) is 0 Å². The van der Waals surface area contributed by atoms with Crippen molar-refractivity contribution >= 4 is 22.6 Å². The molecule has 1 saturated heterocycles. The molecule has 0 saturated carbocycles. The number of piperidine rings is 1. The van der Waals surface area contributed by atoms with Gasteiger partial charge in [-0.2, -0.15) is 0 Å². The van der Waals surface area contributed by atoms with E-state index in [1.54, 1.807) is 0 Å². The molecule has 0 unspecified atom stereocenters. The predicted octanol–water partition coefficient (Wildman–Crippen LogP) is 3.16.